The number of alkyl halides is 3. The van der Waals surface area contributed by atoms with E-state index in [2.05, 4.69) is 5.32 Å². The number of carbonyl (C=O) groups excluding carboxylic acids is 2. The lowest BCUT2D eigenvalue weighted by Crippen LogP contribution is -2.50. The van der Waals surface area contributed by atoms with Crippen molar-refractivity contribution in [1.29, 1.82) is 0 Å². The van der Waals surface area contributed by atoms with E-state index in [1.807, 2.05) is 0 Å². The van der Waals surface area contributed by atoms with Crippen molar-refractivity contribution < 1.29 is 35.9 Å². The van der Waals surface area contributed by atoms with Crippen molar-refractivity contribution in [1.82, 2.24) is 10.2 Å². The summed E-state index contributed by atoms with van der Waals surface area (Å²) in [5, 5.41) is 2.37. The quantitative estimate of drug-likeness (QED) is 0.562. The third-order valence-corrected chi connectivity index (χ3v) is 4.57. The molecule has 1 aliphatic heterocycles. The number of benzene rings is 1. The van der Waals surface area contributed by atoms with Crippen LogP contribution < -0.4 is 11.1 Å². The van der Waals surface area contributed by atoms with Gasteiger partial charge in [-0.25, -0.2) is 13.2 Å². The SMILES string of the molecule is C[C@@H]1CNC(=O)[C@@H](CC(F)(F)F)N(C(=O)C[C@H](N)Cc2cc(F)c(F)cc2F)C1. The summed E-state index contributed by atoms with van der Waals surface area (Å²) in [5.74, 6) is -5.73. The summed E-state index contributed by atoms with van der Waals surface area (Å²) >= 11 is 0. The molecular weight excluding hydrogens is 404 g/mol. The van der Waals surface area contributed by atoms with Gasteiger partial charge in [0.25, 0.3) is 0 Å². The molecule has 29 heavy (non-hydrogen) atoms. The summed E-state index contributed by atoms with van der Waals surface area (Å²) in [6.07, 6.45) is -7.02. The predicted molar refractivity (Wildman–Crippen MR) is 91.0 cm³/mol. The van der Waals surface area contributed by atoms with Crippen molar-refractivity contribution in [2.75, 3.05) is 13.1 Å². The van der Waals surface area contributed by atoms with Crippen molar-refractivity contribution in [3.05, 3.63) is 35.1 Å². The number of hydrogen-bond donors (Lipinski definition) is 2. The zero-order valence-electron chi connectivity index (χ0n) is 15.5. The molecule has 1 aliphatic rings. The number of hydrogen-bond acceptors (Lipinski definition) is 3. The van der Waals surface area contributed by atoms with Crippen molar-refractivity contribution >= 4 is 11.8 Å². The molecule has 2 rings (SSSR count). The van der Waals surface area contributed by atoms with Crippen LogP contribution in [0.5, 0.6) is 0 Å². The molecule has 0 saturated carbocycles. The van der Waals surface area contributed by atoms with E-state index in [-0.39, 0.29) is 31.0 Å². The molecule has 1 aromatic rings. The predicted octanol–water partition coefficient (Wildman–Crippen LogP) is 2.28. The highest BCUT2D eigenvalue weighted by Gasteiger charge is 2.42. The number of amides is 2. The monoisotopic (exact) mass is 425 g/mol. The Bertz CT molecular complexity index is 771. The lowest BCUT2D eigenvalue weighted by molar-refractivity contribution is -0.162. The van der Waals surface area contributed by atoms with Gasteiger partial charge in [-0.3, -0.25) is 9.59 Å². The number of nitrogens with zero attached hydrogens (tertiary/aromatic N) is 1. The maximum atomic E-state index is 13.8. The molecule has 0 aliphatic carbocycles. The van der Waals surface area contributed by atoms with E-state index in [0.29, 0.717) is 12.1 Å². The van der Waals surface area contributed by atoms with Crippen LogP contribution in [0.3, 0.4) is 0 Å². The maximum absolute atomic E-state index is 13.8. The number of rotatable bonds is 5. The van der Waals surface area contributed by atoms with Crippen LogP contribution in [-0.2, 0) is 16.0 Å². The average molecular weight is 425 g/mol. The number of nitrogens with one attached hydrogen (secondary N) is 1. The highest BCUT2D eigenvalue weighted by atomic mass is 19.4. The molecule has 0 aromatic heterocycles. The third kappa shape index (κ3) is 6.34. The Morgan fingerprint density at radius 1 is 1.24 bits per heavy atom. The Balaban J connectivity index is 2.14. The number of nitrogens with two attached hydrogens (primary N) is 1. The molecule has 0 unspecified atom stereocenters. The molecule has 0 spiro atoms. The zero-order valence-corrected chi connectivity index (χ0v) is 15.5. The third-order valence-electron chi connectivity index (χ3n) is 4.57. The second kappa shape index (κ2) is 9.02. The van der Waals surface area contributed by atoms with Crippen LogP contribution >= 0.6 is 0 Å². The van der Waals surface area contributed by atoms with Crippen molar-refractivity contribution in [2.24, 2.45) is 11.7 Å². The Morgan fingerprint density at radius 2 is 1.86 bits per heavy atom. The van der Waals surface area contributed by atoms with Crippen LogP contribution in [0.4, 0.5) is 26.3 Å². The van der Waals surface area contributed by atoms with Gasteiger partial charge in [0.1, 0.15) is 11.9 Å². The van der Waals surface area contributed by atoms with Gasteiger partial charge in [0.15, 0.2) is 11.6 Å². The smallest absolute Gasteiger partial charge is 0.354 e. The molecule has 0 radical (unpaired) electrons. The molecule has 1 heterocycles. The highest BCUT2D eigenvalue weighted by Crippen LogP contribution is 2.26. The van der Waals surface area contributed by atoms with E-state index in [1.54, 1.807) is 6.92 Å². The summed E-state index contributed by atoms with van der Waals surface area (Å²) in [5.41, 5.74) is 5.53. The van der Waals surface area contributed by atoms with Gasteiger partial charge in [0.05, 0.1) is 6.42 Å². The molecule has 11 heteroatoms. The highest BCUT2D eigenvalue weighted by molar-refractivity contribution is 5.88. The normalized spacial score (nSPS) is 21.5. The molecule has 1 fully saturated rings. The molecule has 0 bridgehead atoms. The molecule has 5 nitrogen and oxygen atoms in total. The first kappa shape index (κ1) is 23.0. The Labute approximate surface area is 163 Å². The van der Waals surface area contributed by atoms with Crippen LogP contribution in [0.15, 0.2) is 12.1 Å². The van der Waals surface area contributed by atoms with E-state index in [0.717, 1.165) is 4.90 Å². The van der Waals surface area contributed by atoms with Crippen LogP contribution in [0.25, 0.3) is 0 Å². The van der Waals surface area contributed by atoms with E-state index < -0.39 is 60.4 Å². The van der Waals surface area contributed by atoms with Gasteiger partial charge in [-0.2, -0.15) is 13.2 Å². The molecule has 1 saturated heterocycles. The van der Waals surface area contributed by atoms with Crippen LogP contribution in [0.2, 0.25) is 0 Å². The Hall–Kier alpha value is -2.30. The largest absolute Gasteiger partial charge is 0.391 e. The zero-order chi connectivity index (χ0) is 21.9. The minimum Gasteiger partial charge on any atom is -0.354 e. The van der Waals surface area contributed by atoms with E-state index in [1.165, 1.54) is 0 Å². The lowest BCUT2D eigenvalue weighted by Gasteiger charge is -2.31. The minimum absolute atomic E-state index is 0.0927. The summed E-state index contributed by atoms with van der Waals surface area (Å²) in [6, 6.07) is -1.85. The van der Waals surface area contributed by atoms with E-state index in [4.69, 9.17) is 5.73 Å². The fourth-order valence-corrected chi connectivity index (χ4v) is 3.18. The molecule has 162 valence electrons. The summed E-state index contributed by atoms with van der Waals surface area (Å²) in [6.45, 7) is 1.68. The van der Waals surface area contributed by atoms with E-state index >= 15 is 0 Å². The van der Waals surface area contributed by atoms with Gasteiger partial charge >= 0.3 is 6.18 Å². The first-order chi connectivity index (χ1) is 13.4. The van der Waals surface area contributed by atoms with Crippen LogP contribution in [0, 0.1) is 23.4 Å². The summed E-state index contributed by atoms with van der Waals surface area (Å²) in [7, 11) is 0. The Morgan fingerprint density at radius 3 is 2.48 bits per heavy atom. The standard InChI is InChI=1S/C18H21F6N3O2/c1-9-7-26-17(29)15(6-18(22,23)24)27(8-9)16(28)4-11(25)2-10-3-13(20)14(21)5-12(10)19/h3,5,9,11,15H,2,4,6-8,25H2,1H3,(H,26,29)/t9-,11-,15-/m1/s1. The molecule has 3 N–H and O–H groups in total. The first-order valence-corrected chi connectivity index (χ1v) is 8.90. The fourth-order valence-electron chi connectivity index (χ4n) is 3.18. The van der Waals surface area contributed by atoms with Gasteiger partial charge in [-0.15, -0.1) is 0 Å². The van der Waals surface area contributed by atoms with Gasteiger partial charge in [0.2, 0.25) is 11.8 Å². The van der Waals surface area contributed by atoms with Crippen LogP contribution in [0.1, 0.15) is 25.3 Å². The van der Waals surface area contributed by atoms with Gasteiger partial charge in [-0.05, 0) is 24.0 Å². The van der Waals surface area contributed by atoms with Gasteiger partial charge in [0, 0.05) is 31.6 Å². The molecule has 2 amide bonds. The van der Waals surface area contributed by atoms with Gasteiger partial charge in [-0.1, -0.05) is 6.92 Å². The summed E-state index contributed by atoms with van der Waals surface area (Å²) in [4.78, 5) is 25.5. The topological polar surface area (TPSA) is 75.4 Å². The molecule has 3 atom stereocenters. The lowest BCUT2D eigenvalue weighted by atomic mass is 10.0. The molecule has 1 aromatic carbocycles. The molecular formula is C18H21F6N3O2. The number of carbonyl (C=O) groups is 2. The number of halogens is 6. The second-order valence-electron chi connectivity index (χ2n) is 7.26. The maximum Gasteiger partial charge on any atom is 0.391 e. The fraction of sp³-hybridized carbons (Fsp3) is 0.556. The van der Waals surface area contributed by atoms with Crippen LogP contribution in [-0.4, -0.2) is 48.1 Å². The van der Waals surface area contributed by atoms with E-state index in [9.17, 15) is 35.9 Å². The first-order valence-electron chi connectivity index (χ1n) is 8.90. The van der Waals surface area contributed by atoms with Crippen molar-refractivity contribution in [3.8, 4) is 0 Å². The van der Waals surface area contributed by atoms with Crippen molar-refractivity contribution in [2.45, 2.75) is 44.4 Å². The van der Waals surface area contributed by atoms with Crippen molar-refractivity contribution in [3.63, 3.8) is 0 Å². The second-order valence-corrected chi connectivity index (χ2v) is 7.26. The summed E-state index contributed by atoms with van der Waals surface area (Å²) < 4.78 is 78.7. The van der Waals surface area contributed by atoms with Gasteiger partial charge < -0.3 is 16.0 Å². The minimum atomic E-state index is -4.68. The Kier molecular flexibility index (Phi) is 7.15. The average Bonchev–Trinajstić information content (AvgIpc) is 2.72.